The number of hydrogen-bond acceptors (Lipinski definition) is 3. The van der Waals surface area contributed by atoms with Gasteiger partial charge in [-0.2, -0.15) is 5.26 Å². The minimum Gasteiger partial charge on any atom is -0.303 e. The van der Waals surface area contributed by atoms with Gasteiger partial charge in [-0.15, -0.1) is 0 Å². The molecule has 3 heteroatoms. The van der Waals surface area contributed by atoms with Gasteiger partial charge in [-0.3, -0.25) is 0 Å². The number of rotatable bonds is 12. The molecule has 21 heavy (non-hydrogen) atoms. The maximum atomic E-state index is 9.16. The molecular weight excluding hydrogens is 258 g/mol. The van der Waals surface area contributed by atoms with E-state index in [4.69, 9.17) is 5.26 Å². The Morgan fingerprint density at radius 1 is 1.00 bits per heavy atom. The summed E-state index contributed by atoms with van der Waals surface area (Å²) in [5, 5.41) is 12.3. The molecule has 0 bridgehead atoms. The van der Waals surface area contributed by atoms with E-state index in [1.165, 1.54) is 38.9 Å². The fourth-order valence-electron chi connectivity index (χ4n) is 2.27. The standard InChI is InChI=1S/C18H37N3/c1-16(2)9-13-21(14-10-17(3)4)12-8-7-11-18(5,15-19)20-6/h16-17,20H,7-14H2,1-6H3. The first-order valence-corrected chi connectivity index (χ1v) is 8.65. The molecule has 1 atom stereocenters. The van der Waals surface area contributed by atoms with Crippen LogP contribution in [0.4, 0.5) is 0 Å². The molecule has 0 aliphatic carbocycles. The Morgan fingerprint density at radius 3 is 1.90 bits per heavy atom. The summed E-state index contributed by atoms with van der Waals surface area (Å²) in [7, 11) is 1.88. The largest absolute Gasteiger partial charge is 0.303 e. The van der Waals surface area contributed by atoms with Gasteiger partial charge in [-0.05, 0) is 77.5 Å². The summed E-state index contributed by atoms with van der Waals surface area (Å²) in [6, 6.07) is 2.37. The second-order valence-electron chi connectivity index (χ2n) is 7.36. The molecule has 0 fully saturated rings. The van der Waals surface area contributed by atoms with E-state index < -0.39 is 0 Å². The number of unbranched alkanes of at least 4 members (excludes halogenated alkanes) is 1. The van der Waals surface area contributed by atoms with Crippen LogP contribution >= 0.6 is 0 Å². The van der Waals surface area contributed by atoms with Crippen molar-refractivity contribution in [1.29, 1.82) is 5.26 Å². The summed E-state index contributed by atoms with van der Waals surface area (Å²) in [6.07, 6.45) is 5.80. The lowest BCUT2D eigenvalue weighted by molar-refractivity contribution is 0.236. The Kier molecular flexibility index (Phi) is 10.7. The fourth-order valence-corrected chi connectivity index (χ4v) is 2.27. The lowest BCUT2D eigenvalue weighted by atomic mass is 9.97. The maximum Gasteiger partial charge on any atom is 0.103 e. The van der Waals surface area contributed by atoms with Crippen molar-refractivity contribution >= 4 is 0 Å². The highest BCUT2D eigenvalue weighted by Crippen LogP contribution is 2.13. The highest BCUT2D eigenvalue weighted by atomic mass is 15.1. The molecule has 0 heterocycles. The smallest absolute Gasteiger partial charge is 0.103 e. The van der Waals surface area contributed by atoms with Crippen molar-refractivity contribution in [2.24, 2.45) is 11.8 Å². The van der Waals surface area contributed by atoms with E-state index in [2.05, 4.69) is 44.0 Å². The summed E-state index contributed by atoms with van der Waals surface area (Å²) < 4.78 is 0. The van der Waals surface area contributed by atoms with Crippen LogP contribution in [0.25, 0.3) is 0 Å². The molecule has 0 aliphatic rings. The van der Waals surface area contributed by atoms with E-state index in [-0.39, 0.29) is 5.54 Å². The number of nitriles is 1. The SMILES string of the molecule is CNC(C)(C#N)CCCCN(CCC(C)C)CCC(C)C. The van der Waals surface area contributed by atoms with E-state index in [9.17, 15) is 0 Å². The van der Waals surface area contributed by atoms with Gasteiger partial charge in [0.2, 0.25) is 0 Å². The molecule has 0 aromatic carbocycles. The van der Waals surface area contributed by atoms with Crippen molar-refractivity contribution in [3.63, 3.8) is 0 Å². The highest BCUT2D eigenvalue weighted by molar-refractivity contribution is 5.02. The zero-order chi connectivity index (χ0) is 16.3. The number of nitrogens with zero attached hydrogens (tertiary/aromatic N) is 2. The number of hydrogen-bond donors (Lipinski definition) is 1. The van der Waals surface area contributed by atoms with E-state index in [0.29, 0.717) is 0 Å². The molecule has 0 spiro atoms. The minimum atomic E-state index is -0.360. The van der Waals surface area contributed by atoms with Crippen LogP contribution in [0.15, 0.2) is 0 Å². The summed E-state index contributed by atoms with van der Waals surface area (Å²) >= 11 is 0. The first-order valence-electron chi connectivity index (χ1n) is 8.65. The normalized spacial score (nSPS) is 14.7. The lowest BCUT2D eigenvalue weighted by Crippen LogP contribution is -2.38. The molecule has 0 aliphatic heterocycles. The topological polar surface area (TPSA) is 39.1 Å². The van der Waals surface area contributed by atoms with Crippen molar-refractivity contribution < 1.29 is 0 Å². The average molecular weight is 296 g/mol. The molecule has 0 rings (SSSR count). The van der Waals surface area contributed by atoms with Gasteiger partial charge in [0.25, 0.3) is 0 Å². The van der Waals surface area contributed by atoms with E-state index in [1.54, 1.807) is 0 Å². The Balaban J connectivity index is 4.07. The van der Waals surface area contributed by atoms with Gasteiger partial charge in [0.05, 0.1) is 6.07 Å². The molecule has 0 saturated carbocycles. The van der Waals surface area contributed by atoms with E-state index in [1.807, 2.05) is 14.0 Å². The second kappa shape index (κ2) is 11.0. The zero-order valence-corrected chi connectivity index (χ0v) is 15.2. The quantitative estimate of drug-likeness (QED) is 0.552. The summed E-state index contributed by atoms with van der Waals surface area (Å²) in [6.45, 7) is 14.8. The highest BCUT2D eigenvalue weighted by Gasteiger charge is 2.20. The molecule has 1 unspecified atom stereocenters. The first kappa shape index (κ1) is 20.4. The predicted molar refractivity (Wildman–Crippen MR) is 92.3 cm³/mol. The van der Waals surface area contributed by atoms with Gasteiger partial charge >= 0.3 is 0 Å². The summed E-state index contributed by atoms with van der Waals surface area (Å²) in [4.78, 5) is 2.61. The Hall–Kier alpha value is -0.590. The summed E-state index contributed by atoms with van der Waals surface area (Å²) in [5.41, 5.74) is -0.360. The van der Waals surface area contributed by atoms with E-state index >= 15 is 0 Å². The zero-order valence-electron chi connectivity index (χ0n) is 15.2. The van der Waals surface area contributed by atoms with Gasteiger partial charge < -0.3 is 10.2 Å². The third-order valence-electron chi connectivity index (χ3n) is 4.25. The first-order chi connectivity index (χ1) is 9.83. The molecule has 0 saturated heterocycles. The fraction of sp³-hybridized carbons (Fsp3) is 0.944. The maximum absolute atomic E-state index is 9.16. The van der Waals surface area contributed by atoms with Crippen LogP contribution in [0.2, 0.25) is 0 Å². The molecule has 124 valence electrons. The van der Waals surface area contributed by atoms with Crippen LogP contribution in [0, 0.1) is 23.2 Å². The molecule has 0 amide bonds. The molecule has 3 nitrogen and oxygen atoms in total. The molecule has 0 aromatic rings. The van der Waals surface area contributed by atoms with Gasteiger partial charge in [0.1, 0.15) is 5.54 Å². The van der Waals surface area contributed by atoms with Crippen LogP contribution in [0.3, 0.4) is 0 Å². The third-order valence-corrected chi connectivity index (χ3v) is 4.25. The third kappa shape index (κ3) is 10.7. The van der Waals surface area contributed by atoms with Crippen molar-refractivity contribution in [2.45, 2.75) is 72.3 Å². The van der Waals surface area contributed by atoms with Gasteiger partial charge in [0, 0.05) is 0 Å². The molecular formula is C18H37N3. The minimum absolute atomic E-state index is 0.360. The van der Waals surface area contributed by atoms with Gasteiger partial charge in [-0.1, -0.05) is 27.7 Å². The second-order valence-corrected chi connectivity index (χ2v) is 7.36. The Bertz CT molecular complexity index is 281. The van der Waals surface area contributed by atoms with Crippen molar-refractivity contribution in [3.05, 3.63) is 0 Å². The van der Waals surface area contributed by atoms with Gasteiger partial charge in [-0.25, -0.2) is 0 Å². The van der Waals surface area contributed by atoms with Crippen LogP contribution in [0.1, 0.15) is 66.7 Å². The number of nitrogens with one attached hydrogen (secondary N) is 1. The Morgan fingerprint density at radius 2 is 1.52 bits per heavy atom. The predicted octanol–water partition coefficient (Wildman–Crippen LogP) is 4.05. The lowest BCUT2D eigenvalue weighted by Gasteiger charge is -2.25. The van der Waals surface area contributed by atoms with Gasteiger partial charge in [0.15, 0.2) is 0 Å². The molecule has 0 aromatic heterocycles. The molecule has 1 N–H and O–H groups in total. The van der Waals surface area contributed by atoms with Crippen molar-refractivity contribution in [3.8, 4) is 6.07 Å². The molecule has 0 radical (unpaired) electrons. The van der Waals surface area contributed by atoms with Crippen molar-refractivity contribution in [2.75, 3.05) is 26.7 Å². The Labute approximate surface area is 133 Å². The monoisotopic (exact) mass is 295 g/mol. The summed E-state index contributed by atoms with van der Waals surface area (Å²) in [5.74, 6) is 1.55. The van der Waals surface area contributed by atoms with Crippen LogP contribution in [-0.4, -0.2) is 37.1 Å². The van der Waals surface area contributed by atoms with E-state index in [0.717, 1.165) is 24.7 Å². The van der Waals surface area contributed by atoms with Crippen molar-refractivity contribution in [1.82, 2.24) is 10.2 Å². The average Bonchev–Trinajstić information content (AvgIpc) is 2.44. The van der Waals surface area contributed by atoms with Crippen LogP contribution < -0.4 is 5.32 Å². The van der Waals surface area contributed by atoms with Crippen LogP contribution in [-0.2, 0) is 0 Å². The van der Waals surface area contributed by atoms with Crippen LogP contribution in [0.5, 0.6) is 0 Å².